The highest BCUT2D eigenvalue weighted by Gasteiger charge is 2.19. The molecule has 0 aliphatic heterocycles. The summed E-state index contributed by atoms with van der Waals surface area (Å²) in [5.41, 5.74) is 2.19. The molecule has 0 fully saturated rings. The summed E-state index contributed by atoms with van der Waals surface area (Å²) in [6.45, 7) is 5.55. The average molecular weight is 390 g/mol. The summed E-state index contributed by atoms with van der Waals surface area (Å²) in [4.78, 5) is 5.92. The molecular formula is C15H18BrClN2OS. The van der Waals surface area contributed by atoms with Crippen molar-refractivity contribution in [1.82, 2.24) is 10.3 Å². The maximum atomic E-state index is 6.23. The molecule has 0 aliphatic rings. The first-order valence-electron chi connectivity index (χ1n) is 6.64. The largest absolute Gasteiger partial charge is 0.383 e. The van der Waals surface area contributed by atoms with Gasteiger partial charge < -0.3 is 10.1 Å². The molecule has 1 N–H and O–H groups in total. The van der Waals surface area contributed by atoms with Gasteiger partial charge in [0.25, 0.3) is 0 Å². The maximum Gasteiger partial charge on any atom is 0.115 e. The number of nitrogens with one attached hydrogen (secondary N) is 1. The molecule has 0 radical (unpaired) electrons. The number of thiazole rings is 1. The predicted molar refractivity (Wildman–Crippen MR) is 92.5 cm³/mol. The van der Waals surface area contributed by atoms with E-state index >= 15 is 0 Å². The van der Waals surface area contributed by atoms with Crippen LogP contribution in [-0.4, -0.2) is 25.2 Å². The van der Waals surface area contributed by atoms with E-state index in [9.17, 15) is 0 Å². The standard InChI is InChI=1S/C15H18BrClN2OS/c1-9-10(2)21-15(19-9)14(18-6-7-20-3)11-4-5-12(16)13(17)8-11/h4-5,8,14,18H,6-7H2,1-3H3. The molecule has 0 aliphatic carbocycles. The van der Waals surface area contributed by atoms with E-state index in [0.717, 1.165) is 27.3 Å². The lowest BCUT2D eigenvalue weighted by Crippen LogP contribution is -2.26. The lowest BCUT2D eigenvalue weighted by Gasteiger charge is -2.17. The lowest BCUT2D eigenvalue weighted by molar-refractivity contribution is 0.197. The molecule has 0 saturated carbocycles. The van der Waals surface area contributed by atoms with Gasteiger partial charge in [-0.2, -0.15) is 0 Å². The molecule has 6 heteroatoms. The Morgan fingerprint density at radius 3 is 2.76 bits per heavy atom. The third-order valence-electron chi connectivity index (χ3n) is 3.22. The van der Waals surface area contributed by atoms with Gasteiger partial charge in [0, 0.05) is 23.0 Å². The average Bonchev–Trinajstić information content (AvgIpc) is 2.78. The molecule has 0 bridgehead atoms. The first-order valence-corrected chi connectivity index (χ1v) is 8.63. The molecule has 1 aromatic heterocycles. The molecule has 1 unspecified atom stereocenters. The van der Waals surface area contributed by atoms with Gasteiger partial charge in [-0.05, 0) is 47.5 Å². The number of benzene rings is 1. The van der Waals surface area contributed by atoms with E-state index in [4.69, 9.17) is 16.3 Å². The quantitative estimate of drug-likeness (QED) is 0.739. The third-order valence-corrected chi connectivity index (χ3v) is 5.59. The Balaban J connectivity index is 2.32. The van der Waals surface area contributed by atoms with Crippen molar-refractivity contribution in [1.29, 1.82) is 0 Å². The summed E-state index contributed by atoms with van der Waals surface area (Å²) in [7, 11) is 1.70. The van der Waals surface area contributed by atoms with Crippen molar-refractivity contribution in [3.05, 3.63) is 48.8 Å². The molecular weight excluding hydrogens is 372 g/mol. The van der Waals surface area contributed by atoms with Crippen LogP contribution < -0.4 is 5.32 Å². The van der Waals surface area contributed by atoms with Crippen LogP contribution in [0.2, 0.25) is 5.02 Å². The number of halogens is 2. The van der Waals surface area contributed by atoms with E-state index < -0.39 is 0 Å². The molecule has 3 nitrogen and oxygen atoms in total. The molecule has 21 heavy (non-hydrogen) atoms. The highest BCUT2D eigenvalue weighted by atomic mass is 79.9. The van der Waals surface area contributed by atoms with Gasteiger partial charge >= 0.3 is 0 Å². The van der Waals surface area contributed by atoms with Crippen LogP contribution in [0.25, 0.3) is 0 Å². The second-order valence-corrected chi connectivity index (χ2v) is 7.24. The second kappa shape index (κ2) is 7.70. The number of methoxy groups -OCH3 is 1. The number of aryl methyl sites for hydroxylation is 2. The molecule has 0 amide bonds. The van der Waals surface area contributed by atoms with Gasteiger partial charge in [0.2, 0.25) is 0 Å². The van der Waals surface area contributed by atoms with Crippen LogP contribution in [0.3, 0.4) is 0 Å². The van der Waals surface area contributed by atoms with Crippen LogP contribution in [0.5, 0.6) is 0 Å². The minimum absolute atomic E-state index is 0.0307. The summed E-state index contributed by atoms with van der Waals surface area (Å²) in [6, 6.07) is 6.04. The van der Waals surface area contributed by atoms with E-state index in [1.54, 1.807) is 18.4 Å². The van der Waals surface area contributed by atoms with Crippen molar-refractivity contribution in [2.45, 2.75) is 19.9 Å². The molecule has 1 atom stereocenters. The van der Waals surface area contributed by atoms with Crippen molar-refractivity contribution >= 4 is 38.9 Å². The molecule has 2 rings (SSSR count). The Kier molecular flexibility index (Phi) is 6.20. The molecule has 1 heterocycles. The van der Waals surface area contributed by atoms with Crippen LogP contribution in [0.15, 0.2) is 22.7 Å². The molecule has 2 aromatic rings. The first kappa shape index (κ1) is 16.9. The van der Waals surface area contributed by atoms with E-state index in [1.165, 1.54) is 4.88 Å². The number of hydrogen-bond acceptors (Lipinski definition) is 4. The summed E-state index contributed by atoms with van der Waals surface area (Å²) in [5, 5.41) is 5.25. The summed E-state index contributed by atoms with van der Waals surface area (Å²) in [6.07, 6.45) is 0. The van der Waals surface area contributed by atoms with Crippen molar-refractivity contribution in [3.63, 3.8) is 0 Å². The fourth-order valence-corrected chi connectivity index (χ4v) is 3.43. The predicted octanol–water partition coefficient (Wildman–Crippen LogP) is 4.50. The van der Waals surface area contributed by atoms with Gasteiger partial charge in [-0.15, -0.1) is 11.3 Å². The van der Waals surface area contributed by atoms with Gasteiger partial charge in [0.05, 0.1) is 23.4 Å². The van der Waals surface area contributed by atoms with Gasteiger partial charge in [-0.3, -0.25) is 0 Å². The topological polar surface area (TPSA) is 34.1 Å². The Hall–Kier alpha value is -0.460. The van der Waals surface area contributed by atoms with Crippen molar-refractivity contribution in [3.8, 4) is 0 Å². The fraction of sp³-hybridized carbons (Fsp3) is 0.400. The van der Waals surface area contributed by atoms with Crippen LogP contribution in [0.4, 0.5) is 0 Å². The monoisotopic (exact) mass is 388 g/mol. The van der Waals surface area contributed by atoms with E-state index in [0.29, 0.717) is 11.6 Å². The Morgan fingerprint density at radius 2 is 2.19 bits per heavy atom. The van der Waals surface area contributed by atoms with E-state index in [2.05, 4.69) is 39.2 Å². The maximum absolute atomic E-state index is 6.23. The van der Waals surface area contributed by atoms with E-state index in [-0.39, 0.29) is 6.04 Å². The van der Waals surface area contributed by atoms with Crippen molar-refractivity contribution in [2.24, 2.45) is 0 Å². The zero-order valence-electron chi connectivity index (χ0n) is 12.2. The van der Waals surface area contributed by atoms with Gasteiger partial charge in [-0.25, -0.2) is 4.98 Å². The van der Waals surface area contributed by atoms with Crippen LogP contribution >= 0.6 is 38.9 Å². The molecule has 0 spiro atoms. The van der Waals surface area contributed by atoms with Crippen LogP contribution in [0.1, 0.15) is 27.2 Å². The Bertz CT molecular complexity index is 598. The highest BCUT2D eigenvalue weighted by Crippen LogP contribution is 2.31. The highest BCUT2D eigenvalue weighted by molar-refractivity contribution is 9.10. The van der Waals surface area contributed by atoms with Crippen LogP contribution in [0, 0.1) is 13.8 Å². The Morgan fingerprint density at radius 1 is 1.43 bits per heavy atom. The number of rotatable bonds is 6. The molecule has 0 saturated heterocycles. The number of hydrogen-bond donors (Lipinski definition) is 1. The zero-order chi connectivity index (χ0) is 15.4. The molecule has 1 aromatic carbocycles. The fourth-order valence-electron chi connectivity index (χ4n) is 1.97. The SMILES string of the molecule is COCCNC(c1ccc(Br)c(Cl)c1)c1nc(C)c(C)s1. The second-order valence-electron chi connectivity index (χ2n) is 4.75. The number of aromatic nitrogens is 1. The summed E-state index contributed by atoms with van der Waals surface area (Å²) in [5.74, 6) is 0. The van der Waals surface area contributed by atoms with Gasteiger partial charge in [0.15, 0.2) is 0 Å². The van der Waals surface area contributed by atoms with E-state index in [1.807, 2.05) is 19.1 Å². The number of nitrogens with zero attached hydrogens (tertiary/aromatic N) is 1. The van der Waals surface area contributed by atoms with Crippen LogP contribution in [-0.2, 0) is 4.74 Å². The minimum Gasteiger partial charge on any atom is -0.383 e. The van der Waals surface area contributed by atoms with Gasteiger partial charge in [0.1, 0.15) is 5.01 Å². The van der Waals surface area contributed by atoms with Crippen molar-refractivity contribution in [2.75, 3.05) is 20.3 Å². The normalized spacial score (nSPS) is 12.6. The number of ether oxygens (including phenoxy) is 1. The molecule has 114 valence electrons. The smallest absolute Gasteiger partial charge is 0.115 e. The Labute approximate surface area is 142 Å². The summed E-state index contributed by atoms with van der Waals surface area (Å²) < 4.78 is 6.02. The van der Waals surface area contributed by atoms with Gasteiger partial charge in [-0.1, -0.05) is 17.7 Å². The van der Waals surface area contributed by atoms with Crippen molar-refractivity contribution < 1.29 is 4.74 Å². The third kappa shape index (κ3) is 4.27. The lowest BCUT2D eigenvalue weighted by atomic mass is 10.1. The first-order chi connectivity index (χ1) is 10.0. The minimum atomic E-state index is 0.0307. The zero-order valence-corrected chi connectivity index (χ0v) is 15.4. The summed E-state index contributed by atoms with van der Waals surface area (Å²) >= 11 is 11.4.